The van der Waals surface area contributed by atoms with E-state index in [4.69, 9.17) is 18.9 Å². The highest BCUT2D eigenvalue weighted by Gasteiger charge is 2.52. The van der Waals surface area contributed by atoms with E-state index in [1.807, 2.05) is 0 Å². The third kappa shape index (κ3) is 6.52. The zero-order valence-electron chi connectivity index (χ0n) is 19.8. The van der Waals surface area contributed by atoms with Crippen LogP contribution >= 0.6 is 0 Å². The number of methoxy groups -OCH3 is 3. The Hall–Kier alpha value is -4.55. The van der Waals surface area contributed by atoms with Crippen LogP contribution in [0.5, 0.6) is 0 Å². The molecular weight excluding hydrogens is 478 g/mol. The van der Waals surface area contributed by atoms with Gasteiger partial charge in [-0.15, -0.1) is 0 Å². The summed E-state index contributed by atoms with van der Waals surface area (Å²) in [5, 5.41) is 13.3. The quantitative estimate of drug-likeness (QED) is 0.156. The second-order valence-corrected chi connectivity index (χ2v) is 7.37. The van der Waals surface area contributed by atoms with Gasteiger partial charge >= 0.3 is 24.0 Å². The summed E-state index contributed by atoms with van der Waals surface area (Å²) >= 11 is 0. The molecule has 0 bridgehead atoms. The van der Waals surface area contributed by atoms with E-state index in [1.54, 1.807) is 30.3 Å². The topological polar surface area (TPSA) is 173 Å². The van der Waals surface area contributed by atoms with E-state index >= 15 is 0 Å². The van der Waals surface area contributed by atoms with Gasteiger partial charge in [0.15, 0.2) is 0 Å². The molecule has 1 amide bonds. The van der Waals surface area contributed by atoms with Gasteiger partial charge in [0.25, 0.3) is 5.69 Å². The van der Waals surface area contributed by atoms with E-state index in [2.05, 4.69) is 10.3 Å². The first-order valence-electron chi connectivity index (χ1n) is 10.5. The number of nitrogens with zero attached hydrogens (tertiary/aromatic N) is 2. The van der Waals surface area contributed by atoms with E-state index < -0.39 is 46.8 Å². The summed E-state index contributed by atoms with van der Waals surface area (Å²) in [5.74, 6) is -3.02. The van der Waals surface area contributed by atoms with Crippen LogP contribution in [0.1, 0.15) is 24.1 Å². The lowest BCUT2D eigenvalue weighted by Gasteiger charge is -2.29. The number of carbonyl (C=O) groups is 4. The maximum Gasteiger partial charge on any atom is 0.408 e. The second kappa shape index (κ2) is 12.8. The Morgan fingerprint density at radius 2 is 1.64 bits per heavy atom. The monoisotopic (exact) mass is 503 g/mol. The van der Waals surface area contributed by atoms with Crippen molar-refractivity contribution in [1.29, 1.82) is 0 Å². The first-order chi connectivity index (χ1) is 17.2. The van der Waals surface area contributed by atoms with Crippen molar-refractivity contribution in [3.05, 3.63) is 70.0 Å². The van der Waals surface area contributed by atoms with Crippen molar-refractivity contribution in [2.45, 2.75) is 30.9 Å². The molecule has 1 N–H and O–H groups in total. The number of hydrogen-bond acceptors (Lipinski definition) is 11. The highest BCUT2D eigenvalue weighted by Crippen LogP contribution is 2.33. The molecule has 13 nitrogen and oxygen atoms in total. The minimum absolute atomic E-state index is 0.0679. The minimum Gasteiger partial charge on any atom is -0.468 e. The summed E-state index contributed by atoms with van der Waals surface area (Å²) in [6, 6.07) is 9.64. The lowest BCUT2D eigenvalue weighted by Crippen LogP contribution is -2.49. The number of alkyl carbamates (subject to hydrolysis) is 1. The van der Waals surface area contributed by atoms with Crippen LogP contribution in [0.4, 0.5) is 10.5 Å². The van der Waals surface area contributed by atoms with Gasteiger partial charge in [0, 0.05) is 6.07 Å². The lowest BCUT2D eigenvalue weighted by molar-refractivity contribution is -0.385. The zero-order chi connectivity index (χ0) is 26.7. The SMILES string of the molecule is COC(=O)C(CCC(C(=O)OC)(C(=O)OC)c1ccc([N+](=O)[O-])cn1)NC(=O)OCc1ccccc1. The maximum absolute atomic E-state index is 12.9. The second-order valence-electron chi connectivity index (χ2n) is 7.37. The number of benzene rings is 1. The van der Waals surface area contributed by atoms with E-state index in [9.17, 15) is 29.3 Å². The normalized spacial score (nSPS) is 11.5. The highest BCUT2D eigenvalue weighted by molar-refractivity contribution is 6.06. The molecule has 192 valence electrons. The van der Waals surface area contributed by atoms with Crippen molar-refractivity contribution in [2.24, 2.45) is 0 Å². The minimum atomic E-state index is -2.19. The van der Waals surface area contributed by atoms with Gasteiger partial charge in [-0.1, -0.05) is 30.3 Å². The number of nitrogens with one attached hydrogen (secondary N) is 1. The lowest BCUT2D eigenvalue weighted by atomic mass is 9.78. The molecule has 1 aromatic carbocycles. The molecule has 0 saturated carbocycles. The van der Waals surface area contributed by atoms with E-state index in [-0.39, 0.29) is 24.4 Å². The van der Waals surface area contributed by atoms with E-state index in [0.29, 0.717) is 5.56 Å². The summed E-state index contributed by atoms with van der Waals surface area (Å²) in [4.78, 5) is 64.6. The van der Waals surface area contributed by atoms with Crippen molar-refractivity contribution in [3.63, 3.8) is 0 Å². The number of esters is 3. The Bertz CT molecular complexity index is 1070. The molecule has 1 atom stereocenters. The van der Waals surface area contributed by atoms with Crippen molar-refractivity contribution < 1.29 is 43.0 Å². The summed E-state index contributed by atoms with van der Waals surface area (Å²) < 4.78 is 19.5. The molecule has 0 saturated heterocycles. The molecule has 0 aliphatic carbocycles. The Morgan fingerprint density at radius 1 is 1.00 bits per heavy atom. The van der Waals surface area contributed by atoms with Crippen LogP contribution in [-0.4, -0.2) is 61.3 Å². The Labute approximate surface area is 205 Å². The van der Waals surface area contributed by atoms with Gasteiger partial charge in [-0.25, -0.2) is 9.59 Å². The van der Waals surface area contributed by atoms with E-state index in [1.165, 1.54) is 0 Å². The number of rotatable bonds is 11. The standard InChI is InChI=1S/C23H25N3O10/c1-33-19(27)17(25-22(30)36-14-15-7-5-4-6-8-15)11-12-23(20(28)34-2,21(29)35-3)18-10-9-16(13-24-18)26(31)32/h4-10,13,17H,11-12,14H2,1-3H3,(H,25,30). The predicted molar refractivity (Wildman–Crippen MR) is 121 cm³/mol. The first-order valence-corrected chi connectivity index (χ1v) is 10.5. The van der Waals surface area contributed by atoms with Crippen LogP contribution in [0, 0.1) is 10.1 Å². The van der Waals surface area contributed by atoms with Crippen LogP contribution in [0.15, 0.2) is 48.7 Å². The number of aromatic nitrogens is 1. The molecule has 1 aromatic heterocycles. The molecule has 2 aromatic rings. The third-order valence-corrected chi connectivity index (χ3v) is 5.26. The molecule has 1 unspecified atom stereocenters. The largest absolute Gasteiger partial charge is 0.468 e. The average Bonchev–Trinajstić information content (AvgIpc) is 2.91. The fourth-order valence-corrected chi connectivity index (χ4v) is 3.38. The molecule has 0 spiro atoms. The molecule has 0 fully saturated rings. The molecule has 1 heterocycles. The van der Waals surface area contributed by atoms with Gasteiger partial charge in [-0.05, 0) is 24.5 Å². The summed E-state index contributed by atoms with van der Waals surface area (Å²) in [7, 11) is 3.16. The fraction of sp³-hybridized carbons (Fsp3) is 0.348. The smallest absolute Gasteiger partial charge is 0.408 e. The highest BCUT2D eigenvalue weighted by atomic mass is 16.6. The summed E-state index contributed by atoms with van der Waals surface area (Å²) in [5.41, 5.74) is -2.07. The molecule has 0 radical (unpaired) electrons. The Balaban J connectivity index is 2.30. The van der Waals surface area contributed by atoms with Crippen molar-refractivity contribution in [3.8, 4) is 0 Å². The van der Waals surface area contributed by atoms with Crippen molar-refractivity contribution in [1.82, 2.24) is 10.3 Å². The molecule has 2 rings (SSSR count). The number of ether oxygens (including phenoxy) is 4. The van der Waals surface area contributed by atoms with Crippen molar-refractivity contribution in [2.75, 3.05) is 21.3 Å². The summed E-state index contributed by atoms with van der Waals surface area (Å²) in [6.07, 6.45) is -0.816. The van der Waals surface area contributed by atoms with Gasteiger partial charge in [0.1, 0.15) is 18.8 Å². The van der Waals surface area contributed by atoms with Crippen LogP contribution in [0.2, 0.25) is 0 Å². The first kappa shape index (κ1) is 27.7. The van der Waals surface area contributed by atoms with Crippen LogP contribution in [-0.2, 0) is 45.4 Å². The zero-order valence-corrected chi connectivity index (χ0v) is 19.8. The van der Waals surface area contributed by atoms with Crippen molar-refractivity contribution >= 4 is 29.7 Å². The van der Waals surface area contributed by atoms with Crippen LogP contribution in [0.25, 0.3) is 0 Å². The van der Waals surface area contributed by atoms with Gasteiger partial charge in [0.05, 0.1) is 31.9 Å². The van der Waals surface area contributed by atoms with Gasteiger partial charge in [0.2, 0.25) is 5.41 Å². The molecule has 13 heteroatoms. The Kier molecular flexibility index (Phi) is 9.83. The van der Waals surface area contributed by atoms with Gasteiger partial charge < -0.3 is 24.3 Å². The third-order valence-electron chi connectivity index (χ3n) is 5.26. The fourth-order valence-electron chi connectivity index (χ4n) is 3.38. The predicted octanol–water partition coefficient (Wildman–Crippen LogP) is 1.82. The van der Waals surface area contributed by atoms with Crippen LogP contribution in [0.3, 0.4) is 0 Å². The molecule has 36 heavy (non-hydrogen) atoms. The van der Waals surface area contributed by atoms with Gasteiger partial charge in [-0.3, -0.25) is 24.7 Å². The van der Waals surface area contributed by atoms with Gasteiger partial charge in [-0.2, -0.15) is 0 Å². The Morgan fingerprint density at radius 3 is 2.14 bits per heavy atom. The average molecular weight is 503 g/mol. The van der Waals surface area contributed by atoms with Crippen LogP contribution < -0.4 is 5.32 Å². The number of pyridine rings is 1. The molecule has 0 aliphatic rings. The molecule has 0 aliphatic heterocycles. The number of hydrogen-bond donors (Lipinski definition) is 1. The summed E-state index contributed by atoms with van der Waals surface area (Å²) in [6.45, 7) is -0.0679. The maximum atomic E-state index is 12.9. The van der Waals surface area contributed by atoms with E-state index in [0.717, 1.165) is 39.7 Å². The number of carbonyl (C=O) groups excluding carboxylic acids is 4. The molecular formula is C23H25N3O10. The number of nitro groups is 1. The number of amides is 1.